The van der Waals surface area contributed by atoms with Gasteiger partial charge in [0.15, 0.2) is 0 Å². The van der Waals surface area contributed by atoms with Crippen molar-refractivity contribution in [2.24, 2.45) is 5.41 Å². The molecule has 130 valence electrons. The molecule has 2 aliphatic rings. The van der Waals surface area contributed by atoms with E-state index in [9.17, 15) is 9.59 Å². The maximum absolute atomic E-state index is 12.3. The molecule has 2 fully saturated rings. The summed E-state index contributed by atoms with van der Waals surface area (Å²) in [6, 6.07) is 4.05. The Labute approximate surface area is 143 Å². The summed E-state index contributed by atoms with van der Waals surface area (Å²) in [5.74, 6) is 0.314. The van der Waals surface area contributed by atoms with Gasteiger partial charge in [0.25, 0.3) is 0 Å². The lowest BCUT2D eigenvalue weighted by molar-refractivity contribution is -0.130. The molecule has 3 heterocycles. The van der Waals surface area contributed by atoms with Crippen LogP contribution in [0.1, 0.15) is 25.8 Å². The van der Waals surface area contributed by atoms with E-state index in [1.807, 2.05) is 41.2 Å². The topological polar surface area (TPSA) is 56.8 Å². The zero-order valence-electron chi connectivity index (χ0n) is 14.6. The molecule has 0 bridgehead atoms. The zero-order chi connectivity index (χ0) is 17.2. The summed E-state index contributed by atoms with van der Waals surface area (Å²) >= 11 is 0. The van der Waals surface area contributed by atoms with E-state index in [0.717, 1.165) is 39.3 Å². The highest BCUT2D eigenvalue weighted by Crippen LogP contribution is 2.35. The van der Waals surface area contributed by atoms with Crippen molar-refractivity contribution >= 4 is 11.8 Å². The standard InChI is InChI=1S/C18H26N4O2/c1-3-21-13-18(10-17(21)24)12-20(8-9-22(14-18)15(2)23)11-16-4-6-19-7-5-16/h4-7H,3,8-14H2,1-2H3/t18-/m0/s1. The first-order valence-electron chi connectivity index (χ1n) is 8.66. The molecule has 1 spiro atoms. The molecule has 1 aromatic heterocycles. The van der Waals surface area contributed by atoms with E-state index >= 15 is 0 Å². The van der Waals surface area contributed by atoms with Gasteiger partial charge in [-0.2, -0.15) is 0 Å². The largest absolute Gasteiger partial charge is 0.342 e. The number of carbonyl (C=O) groups is 2. The normalized spacial score (nSPS) is 25.3. The smallest absolute Gasteiger partial charge is 0.223 e. The van der Waals surface area contributed by atoms with Gasteiger partial charge in [-0.1, -0.05) is 0 Å². The molecule has 0 aromatic carbocycles. The third-order valence-electron chi connectivity index (χ3n) is 5.16. The van der Waals surface area contributed by atoms with Crippen LogP contribution in [0.25, 0.3) is 0 Å². The average molecular weight is 330 g/mol. The molecule has 1 atom stereocenters. The van der Waals surface area contributed by atoms with Gasteiger partial charge in [0.05, 0.1) is 0 Å². The molecular formula is C18H26N4O2. The van der Waals surface area contributed by atoms with Gasteiger partial charge in [-0.25, -0.2) is 0 Å². The Kier molecular flexibility index (Phi) is 4.85. The number of hydrogen-bond donors (Lipinski definition) is 0. The summed E-state index contributed by atoms with van der Waals surface area (Å²) in [5.41, 5.74) is 1.07. The van der Waals surface area contributed by atoms with E-state index in [-0.39, 0.29) is 17.2 Å². The van der Waals surface area contributed by atoms with Crippen LogP contribution in [0.5, 0.6) is 0 Å². The number of rotatable bonds is 3. The molecule has 2 saturated heterocycles. The highest BCUT2D eigenvalue weighted by Gasteiger charge is 2.46. The molecule has 3 rings (SSSR count). The van der Waals surface area contributed by atoms with Crippen LogP contribution >= 0.6 is 0 Å². The second kappa shape index (κ2) is 6.89. The Bertz CT molecular complexity index is 606. The van der Waals surface area contributed by atoms with Crippen LogP contribution in [-0.2, 0) is 16.1 Å². The Morgan fingerprint density at radius 3 is 2.58 bits per heavy atom. The molecule has 0 aliphatic carbocycles. The van der Waals surface area contributed by atoms with Crippen molar-refractivity contribution in [3.63, 3.8) is 0 Å². The Morgan fingerprint density at radius 2 is 1.96 bits per heavy atom. The molecule has 6 nitrogen and oxygen atoms in total. The van der Waals surface area contributed by atoms with Gasteiger partial charge in [-0.15, -0.1) is 0 Å². The fourth-order valence-electron chi connectivity index (χ4n) is 3.98. The van der Waals surface area contributed by atoms with Crippen LogP contribution in [0.3, 0.4) is 0 Å². The lowest BCUT2D eigenvalue weighted by Crippen LogP contribution is -2.43. The van der Waals surface area contributed by atoms with Crippen molar-refractivity contribution in [3.05, 3.63) is 30.1 Å². The lowest BCUT2D eigenvalue weighted by Gasteiger charge is -2.33. The Hall–Kier alpha value is -1.95. The van der Waals surface area contributed by atoms with Crippen molar-refractivity contribution < 1.29 is 9.59 Å². The first-order chi connectivity index (χ1) is 11.5. The summed E-state index contributed by atoms with van der Waals surface area (Å²) in [6.45, 7) is 9.05. The Morgan fingerprint density at radius 1 is 1.21 bits per heavy atom. The van der Waals surface area contributed by atoms with Crippen LogP contribution in [0.4, 0.5) is 0 Å². The van der Waals surface area contributed by atoms with Gasteiger partial charge in [0.2, 0.25) is 11.8 Å². The molecule has 2 amide bonds. The molecule has 0 N–H and O–H groups in total. The van der Waals surface area contributed by atoms with Crippen molar-refractivity contribution in [2.75, 3.05) is 39.3 Å². The van der Waals surface area contributed by atoms with Crippen molar-refractivity contribution in [3.8, 4) is 0 Å². The fourth-order valence-corrected chi connectivity index (χ4v) is 3.98. The second-order valence-electron chi connectivity index (χ2n) is 7.09. The number of amides is 2. The van der Waals surface area contributed by atoms with Crippen LogP contribution in [0.2, 0.25) is 0 Å². The predicted molar refractivity (Wildman–Crippen MR) is 91.1 cm³/mol. The molecule has 6 heteroatoms. The summed E-state index contributed by atoms with van der Waals surface area (Å²) < 4.78 is 0. The third kappa shape index (κ3) is 3.59. The molecule has 2 aliphatic heterocycles. The first kappa shape index (κ1) is 16.9. The van der Waals surface area contributed by atoms with Crippen molar-refractivity contribution in [1.29, 1.82) is 0 Å². The van der Waals surface area contributed by atoms with E-state index < -0.39 is 0 Å². The summed E-state index contributed by atoms with van der Waals surface area (Å²) in [4.78, 5) is 34.6. The van der Waals surface area contributed by atoms with Gasteiger partial charge in [-0.3, -0.25) is 19.5 Å². The summed E-state index contributed by atoms with van der Waals surface area (Å²) in [5, 5.41) is 0. The van der Waals surface area contributed by atoms with Crippen LogP contribution in [0, 0.1) is 5.41 Å². The summed E-state index contributed by atoms with van der Waals surface area (Å²) in [6.07, 6.45) is 4.16. The molecule has 1 aromatic rings. The monoisotopic (exact) mass is 330 g/mol. The van der Waals surface area contributed by atoms with Crippen molar-refractivity contribution in [1.82, 2.24) is 19.7 Å². The first-order valence-corrected chi connectivity index (χ1v) is 8.66. The number of pyridine rings is 1. The van der Waals surface area contributed by atoms with Gasteiger partial charge in [-0.05, 0) is 24.6 Å². The van der Waals surface area contributed by atoms with E-state index in [2.05, 4.69) is 9.88 Å². The molecule has 0 saturated carbocycles. The molecule has 24 heavy (non-hydrogen) atoms. The maximum atomic E-state index is 12.3. The van der Waals surface area contributed by atoms with Crippen LogP contribution < -0.4 is 0 Å². The van der Waals surface area contributed by atoms with Gasteiger partial charge < -0.3 is 9.80 Å². The average Bonchev–Trinajstić information content (AvgIpc) is 2.75. The van der Waals surface area contributed by atoms with Crippen LogP contribution in [-0.4, -0.2) is 70.8 Å². The van der Waals surface area contributed by atoms with Gasteiger partial charge in [0.1, 0.15) is 0 Å². The highest BCUT2D eigenvalue weighted by molar-refractivity contribution is 5.80. The van der Waals surface area contributed by atoms with Gasteiger partial charge in [0, 0.05) is 77.0 Å². The maximum Gasteiger partial charge on any atom is 0.223 e. The van der Waals surface area contributed by atoms with E-state index in [1.54, 1.807) is 6.92 Å². The SMILES string of the molecule is CCN1C[C@]2(CC1=O)CN(Cc1ccncc1)CCN(C(C)=O)C2. The summed E-state index contributed by atoms with van der Waals surface area (Å²) in [7, 11) is 0. The fraction of sp³-hybridized carbons (Fsp3) is 0.611. The van der Waals surface area contributed by atoms with E-state index in [4.69, 9.17) is 0 Å². The van der Waals surface area contributed by atoms with Crippen LogP contribution in [0.15, 0.2) is 24.5 Å². The molecular weight excluding hydrogens is 304 g/mol. The molecule has 0 unspecified atom stereocenters. The zero-order valence-corrected chi connectivity index (χ0v) is 14.6. The van der Waals surface area contributed by atoms with Gasteiger partial charge >= 0.3 is 0 Å². The van der Waals surface area contributed by atoms with E-state index in [0.29, 0.717) is 13.0 Å². The van der Waals surface area contributed by atoms with Crippen molar-refractivity contribution in [2.45, 2.75) is 26.8 Å². The minimum absolute atomic E-state index is 0.0996. The Balaban J connectivity index is 1.80. The predicted octanol–water partition coefficient (Wildman–Crippen LogP) is 0.984. The van der Waals surface area contributed by atoms with E-state index in [1.165, 1.54) is 5.56 Å². The minimum atomic E-state index is -0.151. The number of hydrogen-bond acceptors (Lipinski definition) is 4. The lowest BCUT2D eigenvalue weighted by atomic mass is 9.85. The highest BCUT2D eigenvalue weighted by atomic mass is 16.2. The number of carbonyl (C=O) groups excluding carboxylic acids is 2. The quantitative estimate of drug-likeness (QED) is 0.829. The number of likely N-dealkylation sites (tertiary alicyclic amines) is 1. The number of aromatic nitrogens is 1. The molecule has 0 radical (unpaired) electrons. The second-order valence-corrected chi connectivity index (χ2v) is 7.09. The third-order valence-corrected chi connectivity index (χ3v) is 5.16. The minimum Gasteiger partial charge on any atom is -0.342 e. The number of nitrogens with zero attached hydrogens (tertiary/aromatic N) is 4.